The molecule has 0 aliphatic carbocycles. The Balaban J connectivity index is 3.38. The molecule has 0 radical (unpaired) electrons. The van der Waals surface area contributed by atoms with Crippen molar-refractivity contribution in [3.63, 3.8) is 0 Å². The highest BCUT2D eigenvalue weighted by Gasteiger charge is 2.11. The van der Waals surface area contributed by atoms with Crippen LogP contribution in [-0.4, -0.2) is 95.9 Å². The second kappa shape index (κ2) is 22.9. The second-order valence-electron chi connectivity index (χ2n) is 7.87. The first-order chi connectivity index (χ1) is 16.4. The maximum Gasteiger partial charge on any atom is 0.246 e. The summed E-state index contributed by atoms with van der Waals surface area (Å²) in [6, 6.07) is -0.318. The lowest BCUT2D eigenvalue weighted by Gasteiger charge is -2.11. The van der Waals surface area contributed by atoms with Crippen LogP contribution in [0.4, 0.5) is 0 Å². The third-order valence-corrected chi connectivity index (χ3v) is 4.77. The highest BCUT2D eigenvalue weighted by molar-refractivity contribution is 5.80. The molecule has 0 spiro atoms. The van der Waals surface area contributed by atoms with E-state index in [4.69, 9.17) is 24.7 Å². The van der Waals surface area contributed by atoms with Crippen molar-refractivity contribution in [3.05, 3.63) is 0 Å². The van der Waals surface area contributed by atoms with Crippen LogP contribution in [-0.2, 0) is 38.1 Å². The van der Waals surface area contributed by atoms with E-state index in [1.807, 2.05) is 0 Å². The fraction of sp³-hybridized carbons (Fsp3) is 0.826. The number of hydrogen-bond donors (Lipinski definition) is 3. The van der Waals surface area contributed by atoms with Crippen molar-refractivity contribution in [2.24, 2.45) is 5.73 Å². The molecule has 0 rings (SSSR count). The molecule has 0 saturated heterocycles. The molecule has 0 aliphatic rings. The molecule has 0 heterocycles. The minimum Gasteiger partial charge on any atom is -0.379 e. The minimum absolute atomic E-state index is 0.0359. The Labute approximate surface area is 202 Å². The summed E-state index contributed by atoms with van der Waals surface area (Å²) in [5.41, 5.74) is 5.26. The third-order valence-electron chi connectivity index (χ3n) is 4.77. The average Bonchev–Trinajstić information content (AvgIpc) is 2.79. The van der Waals surface area contributed by atoms with Gasteiger partial charge in [-0.05, 0) is 33.2 Å². The van der Waals surface area contributed by atoms with Gasteiger partial charge in [-0.2, -0.15) is 0 Å². The zero-order valence-corrected chi connectivity index (χ0v) is 20.7. The van der Waals surface area contributed by atoms with Crippen molar-refractivity contribution in [2.75, 3.05) is 66.4 Å². The Kier molecular flexibility index (Phi) is 21.6. The SMILES string of the molecule is CN[C@@H](CCCCCC(=O)COCCOCCNC(=O)COCCOCCCC(C)=O)C(N)=O. The summed E-state index contributed by atoms with van der Waals surface area (Å²) in [6.45, 7) is 4.07. The molecular formula is C23H43N3O8. The van der Waals surface area contributed by atoms with E-state index in [2.05, 4.69) is 10.6 Å². The van der Waals surface area contributed by atoms with Gasteiger partial charge < -0.3 is 40.1 Å². The van der Waals surface area contributed by atoms with Crippen LogP contribution in [0.2, 0.25) is 0 Å². The van der Waals surface area contributed by atoms with Gasteiger partial charge in [0.1, 0.15) is 19.0 Å². The summed E-state index contributed by atoms with van der Waals surface area (Å²) >= 11 is 0. The van der Waals surface area contributed by atoms with Crippen LogP contribution in [0.15, 0.2) is 0 Å². The van der Waals surface area contributed by atoms with Crippen LogP contribution >= 0.6 is 0 Å². The van der Waals surface area contributed by atoms with E-state index < -0.39 is 0 Å². The number of nitrogens with one attached hydrogen (secondary N) is 2. The zero-order chi connectivity index (χ0) is 25.4. The number of amides is 2. The topological polar surface area (TPSA) is 155 Å². The number of carbonyl (C=O) groups is 4. The standard InChI is InChI=1S/C23H43N3O8/c1-19(27)7-6-11-31-13-16-34-18-22(29)26-10-12-32-14-15-33-17-20(28)8-4-3-5-9-21(25-2)23(24)30/h21,25H,3-18H2,1-2H3,(H2,24,30)(H,26,29)/t21-/m0/s1. The molecule has 11 heteroatoms. The highest BCUT2D eigenvalue weighted by Crippen LogP contribution is 2.06. The lowest BCUT2D eigenvalue weighted by atomic mass is 10.1. The van der Waals surface area contributed by atoms with Gasteiger partial charge in [-0.1, -0.05) is 12.8 Å². The van der Waals surface area contributed by atoms with E-state index in [-0.39, 0.29) is 42.6 Å². The molecule has 0 aromatic rings. The van der Waals surface area contributed by atoms with Crippen LogP contribution < -0.4 is 16.4 Å². The summed E-state index contributed by atoms with van der Waals surface area (Å²) in [5, 5.41) is 5.54. The molecule has 0 unspecified atom stereocenters. The number of carbonyl (C=O) groups excluding carboxylic acids is 4. The summed E-state index contributed by atoms with van der Waals surface area (Å²) in [5.74, 6) is -0.419. The number of unbranched alkanes of at least 4 members (excludes halogenated alkanes) is 2. The van der Waals surface area contributed by atoms with Crippen LogP contribution in [0.5, 0.6) is 0 Å². The lowest BCUT2D eigenvalue weighted by Crippen LogP contribution is -2.38. The van der Waals surface area contributed by atoms with Crippen molar-refractivity contribution in [1.29, 1.82) is 0 Å². The zero-order valence-electron chi connectivity index (χ0n) is 20.7. The quantitative estimate of drug-likeness (QED) is 0.152. The van der Waals surface area contributed by atoms with Crippen molar-refractivity contribution in [3.8, 4) is 0 Å². The van der Waals surface area contributed by atoms with Gasteiger partial charge in [-0.25, -0.2) is 0 Å². The maximum absolute atomic E-state index is 11.8. The number of nitrogens with two attached hydrogens (primary N) is 1. The van der Waals surface area contributed by atoms with Crippen LogP contribution in [0.25, 0.3) is 0 Å². The number of hydrogen-bond acceptors (Lipinski definition) is 9. The van der Waals surface area contributed by atoms with E-state index in [1.54, 1.807) is 14.0 Å². The molecule has 4 N–H and O–H groups in total. The normalized spacial score (nSPS) is 11.8. The summed E-state index contributed by atoms with van der Waals surface area (Å²) in [4.78, 5) is 45.3. The molecule has 0 bridgehead atoms. The van der Waals surface area contributed by atoms with E-state index in [9.17, 15) is 19.2 Å². The molecule has 34 heavy (non-hydrogen) atoms. The third kappa shape index (κ3) is 21.9. The molecular weight excluding hydrogens is 446 g/mol. The molecule has 198 valence electrons. The van der Waals surface area contributed by atoms with Crippen molar-refractivity contribution < 1.29 is 38.1 Å². The van der Waals surface area contributed by atoms with Crippen LogP contribution in [0.3, 0.4) is 0 Å². The lowest BCUT2D eigenvalue weighted by molar-refractivity contribution is -0.127. The minimum atomic E-state index is -0.359. The molecule has 2 amide bonds. The summed E-state index contributed by atoms with van der Waals surface area (Å²) in [6.07, 6.45) is 4.75. The number of primary amides is 1. The number of Topliss-reactive ketones (excluding diaryl/α,β-unsaturated/α-hetero) is 2. The fourth-order valence-electron chi connectivity index (χ4n) is 2.88. The first-order valence-corrected chi connectivity index (χ1v) is 11.9. The predicted octanol–water partition coefficient (Wildman–Crippen LogP) is 0.131. The first kappa shape index (κ1) is 32.1. The van der Waals surface area contributed by atoms with Gasteiger partial charge in [-0.3, -0.25) is 14.4 Å². The Morgan fingerprint density at radius 3 is 2.06 bits per heavy atom. The molecule has 0 aromatic heterocycles. The van der Waals surface area contributed by atoms with Gasteiger partial charge in [0.2, 0.25) is 11.8 Å². The average molecular weight is 490 g/mol. The molecule has 1 atom stereocenters. The van der Waals surface area contributed by atoms with Crippen LogP contribution in [0, 0.1) is 0 Å². The summed E-state index contributed by atoms with van der Waals surface area (Å²) < 4.78 is 21.1. The molecule has 0 aromatic carbocycles. The van der Waals surface area contributed by atoms with Crippen molar-refractivity contribution in [1.82, 2.24) is 10.6 Å². The van der Waals surface area contributed by atoms with Gasteiger partial charge in [0.15, 0.2) is 5.78 Å². The Morgan fingerprint density at radius 2 is 1.41 bits per heavy atom. The van der Waals surface area contributed by atoms with Gasteiger partial charge in [0.25, 0.3) is 0 Å². The second-order valence-corrected chi connectivity index (χ2v) is 7.87. The number of ketones is 2. The van der Waals surface area contributed by atoms with Gasteiger partial charge >= 0.3 is 0 Å². The van der Waals surface area contributed by atoms with Gasteiger partial charge in [0, 0.05) is 26.0 Å². The number of ether oxygens (including phenoxy) is 4. The van der Waals surface area contributed by atoms with Gasteiger partial charge in [-0.15, -0.1) is 0 Å². The van der Waals surface area contributed by atoms with Crippen LogP contribution in [0.1, 0.15) is 51.9 Å². The monoisotopic (exact) mass is 489 g/mol. The number of likely N-dealkylation sites (N-methyl/N-ethyl adjacent to an activating group) is 1. The smallest absolute Gasteiger partial charge is 0.246 e. The predicted molar refractivity (Wildman–Crippen MR) is 126 cm³/mol. The maximum atomic E-state index is 11.8. The largest absolute Gasteiger partial charge is 0.379 e. The molecule has 11 nitrogen and oxygen atoms in total. The molecule has 0 fully saturated rings. The van der Waals surface area contributed by atoms with E-state index in [1.165, 1.54) is 0 Å². The Hall–Kier alpha value is -1.92. The summed E-state index contributed by atoms with van der Waals surface area (Å²) in [7, 11) is 1.70. The van der Waals surface area contributed by atoms with E-state index in [0.717, 1.165) is 19.3 Å². The van der Waals surface area contributed by atoms with Crippen molar-refractivity contribution in [2.45, 2.75) is 57.9 Å². The van der Waals surface area contributed by atoms with E-state index in [0.29, 0.717) is 71.9 Å². The van der Waals surface area contributed by atoms with E-state index >= 15 is 0 Å². The van der Waals surface area contributed by atoms with Crippen molar-refractivity contribution >= 4 is 23.4 Å². The molecule has 0 saturated carbocycles. The first-order valence-electron chi connectivity index (χ1n) is 11.9. The Morgan fingerprint density at radius 1 is 0.765 bits per heavy atom. The fourth-order valence-corrected chi connectivity index (χ4v) is 2.88. The number of rotatable bonds is 25. The highest BCUT2D eigenvalue weighted by atomic mass is 16.5. The van der Waals surface area contributed by atoms with Gasteiger partial charge in [0.05, 0.1) is 39.1 Å². The Bertz CT molecular complexity index is 574. The molecule has 0 aliphatic heterocycles.